The lowest BCUT2D eigenvalue weighted by molar-refractivity contribution is -0.135. The van der Waals surface area contributed by atoms with Gasteiger partial charge in [-0.2, -0.15) is 4.90 Å². The molecule has 3 unspecified atom stereocenters. The number of aromatic amines is 1. The summed E-state index contributed by atoms with van der Waals surface area (Å²) in [6.07, 6.45) is 0. The molecule has 6 nitrogen and oxygen atoms in total. The summed E-state index contributed by atoms with van der Waals surface area (Å²) in [6, 6.07) is 4.66. The monoisotopic (exact) mass is 395 g/mol. The van der Waals surface area contributed by atoms with E-state index in [2.05, 4.69) is 4.98 Å². The van der Waals surface area contributed by atoms with Crippen LogP contribution >= 0.6 is 35.3 Å². The summed E-state index contributed by atoms with van der Waals surface area (Å²) in [5.74, 6) is -2.95. The van der Waals surface area contributed by atoms with Gasteiger partial charge in [0.1, 0.15) is 11.1 Å². The zero-order valence-electron chi connectivity index (χ0n) is 12.4. The number of imide groups is 3. The molecule has 25 heavy (non-hydrogen) atoms. The van der Waals surface area contributed by atoms with E-state index in [9.17, 15) is 18.8 Å². The number of hydrogen-bond donors (Lipinski definition) is 2. The third kappa shape index (κ3) is 2.43. The Labute approximate surface area is 154 Å². The van der Waals surface area contributed by atoms with Gasteiger partial charge in [0.05, 0.1) is 10.9 Å². The number of hydrogen-bond acceptors (Lipinski definition) is 6. The minimum Gasteiger partial charge on any atom is -0.351 e. The van der Waals surface area contributed by atoms with Crippen LogP contribution in [0.25, 0.3) is 0 Å². The number of nitrogens with zero attached hydrogens (tertiary/aromatic N) is 1. The SMILES string of the molecule is NC(=O)N1C(=O)C2Sc3[nH]c(=S)sc3C(c3ccc(F)cc3)C2C1=O. The number of amides is 4. The summed E-state index contributed by atoms with van der Waals surface area (Å²) in [6.45, 7) is 0. The van der Waals surface area contributed by atoms with Crippen molar-refractivity contribution in [2.24, 2.45) is 11.7 Å². The quantitative estimate of drug-likeness (QED) is 0.572. The number of H-pyrrole nitrogens is 1. The molecule has 1 saturated heterocycles. The van der Waals surface area contributed by atoms with E-state index >= 15 is 0 Å². The number of halogens is 1. The largest absolute Gasteiger partial charge is 0.351 e. The first kappa shape index (κ1) is 16.4. The number of fused-ring (bicyclic) bond motifs is 2. The molecular weight excluding hydrogens is 385 g/mol. The van der Waals surface area contributed by atoms with Crippen molar-refractivity contribution in [1.29, 1.82) is 0 Å². The second-order valence-electron chi connectivity index (χ2n) is 5.65. The van der Waals surface area contributed by atoms with Gasteiger partial charge in [-0.05, 0) is 29.9 Å². The molecule has 0 radical (unpaired) electrons. The van der Waals surface area contributed by atoms with E-state index in [1.54, 1.807) is 12.1 Å². The van der Waals surface area contributed by atoms with Gasteiger partial charge in [-0.15, -0.1) is 11.3 Å². The van der Waals surface area contributed by atoms with Gasteiger partial charge in [-0.3, -0.25) is 9.59 Å². The highest BCUT2D eigenvalue weighted by molar-refractivity contribution is 8.00. The molecule has 3 heterocycles. The number of nitrogens with one attached hydrogen (secondary N) is 1. The molecule has 3 atom stereocenters. The molecule has 128 valence electrons. The normalized spacial score (nSPS) is 25.0. The molecule has 2 aliphatic heterocycles. The fraction of sp³-hybridized carbons (Fsp3) is 0.200. The van der Waals surface area contributed by atoms with Crippen LogP contribution in [0.3, 0.4) is 0 Å². The van der Waals surface area contributed by atoms with Crippen molar-refractivity contribution in [1.82, 2.24) is 9.88 Å². The third-order valence-electron chi connectivity index (χ3n) is 4.27. The average Bonchev–Trinajstić information content (AvgIpc) is 3.04. The van der Waals surface area contributed by atoms with Crippen LogP contribution in [-0.2, 0) is 9.59 Å². The van der Waals surface area contributed by atoms with Crippen LogP contribution in [0.4, 0.5) is 9.18 Å². The number of aromatic nitrogens is 1. The lowest BCUT2D eigenvalue weighted by Crippen LogP contribution is -2.41. The summed E-state index contributed by atoms with van der Waals surface area (Å²) in [7, 11) is 0. The molecule has 2 aromatic rings. The highest BCUT2D eigenvalue weighted by Gasteiger charge is 2.57. The molecule has 1 aromatic heterocycles. The Hall–Kier alpha value is -2.04. The molecule has 10 heteroatoms. The van der Waals surface area contributed by atoms with E-state index in [1.165, 1.54) is 35.2 Å². The first-order chi connectivity index (χ1) is 11.9. The van der Waals surface area contributed by atoms with Crippen molar-refractivity contribution in [2.75, 3.05) is 0 Å². The van der Waals surface area contributed by atoms with Crippen LogP contribution in [0.2, 0.25) is 0 Å². The second-order valence-corrected chi connectivity index (χ2v) is 8.52. The van der Waals surface area contributed by atoms with Crippen LogP contribution in [0.5, 0.6) is 0 Å². The summed E-state index contributed by atoms with van der Waals surface area (Å²) in [5.41, 5.74) is 5.88. The smallest absolute Gasteiger partial charge is 0.328 e. The molecule has 0 bridgehead atoms. The van der Waals surface area contributed by atoms with Crippen LogP contribution in [0.15, 0.2) is 29.3 Å². The Morgan fingerprint density at radius 1 is 1.24 bits per heavy atom. The minimum absolute atomic E-state index is 0.403. The van der Waals surface area contributed by atoms with Gasteiger partial charge in [0, 0.05) is 10.8 Å². The number of benzene rings is 1. The van der Waals surface area contributed by atoms with Crippen LogP contribution < -0.4 is 5.73 Å². The second kappa shape index (κ2) is 5.75. The number of carbonyl (C=O) groups is 3. The predicted octanol–water partition coefficient (Wildman–Crippen LogP) is 2.61. The van der Waals surface area contributed by atoms with Crippen molar-refractivity contribution in [3.63, 3.8) is 0 Å². The Kier molecular flexibility index (Phi) is 3.78. The fourth-order valence-corrected chi connectivity index (χ4v) is 6.22. The van der Waals surface area contributed by atoms with Gasteiger partial charge >= 0.3 is 6.03 Å². The van der Waals surface area contributed by atoms with Crippen LogP contribution in [-0.4, -0.2) is 33.0 Å². The van der Waals surface area contributed by atoms with Gasteiger partial charge in [0.2, 0.25) is 5.91 Å². The van der Waals surface area contributed by atoms with Crippen molar-refractivity contribution in [3.05, 3.63) is 44.5 Å². The summed E-state index contributed by atoms with van der Waals surface area (Å²) >= 11 is 7.68. The first-order valence-electron chi connectivity index (χ1n) is 7.21. The maximum absolute atomic E-state index is 13.3. The third-order valence-corrected chi connectivity index (χ3v) is 7.03. The van der Waals surface area contributed by atoms with Gasteiger partial charge in [-0.1, -0.05) is 23.9 Å². The number of thioether (sulfide) groups is 1. The van der Waals surface area contributed by atoms with E-state index in [0.29, 0.717) is 19.4 Å². The molecule has 1 fully saturated rings. The van der Waals surface area contributed by atoms with Gasteiger partial charge in [0.25, 0.3) is 5.91 Å². The Morgan fingerprint density at radius 2 is 1.92 bits per heavy atom. The standard InChI is InChI=1S/C15H10FN3O3S3/c16-6-3-1-5(2-4-6)7-8-10(13(21)19(12(8)20)14(17)22)24-11-9(7)25-15(23)18-11/h1-4,7-8,10H,(H2,17,22)(H,18,23). The minimum atomic E-state index is -1.08. The molecule has 4 rings (SSSR count). The lowest BCUT2D eigenvalue weighted by atomic mass is 9.83. The number of thiazole rings is 1. The maximum atomic E-state index is 13.3. The van der Waals surface area contributed by atoms with E-state index in [4.69, 9.17) is 18.0 Å². The van der Waals surface area contributed by atoms with Crippen LogP contribution in [0.1, 0.15) is 16.4 Å². The number of likely N-dealkylation sites (tertiary alicyclic amines) is 1. The zero-order valence-corrected chi connectivity index (χ0v) is 14.8. The molecule has 0 aliphatic carbocycles. The number of rotatable bonds is 1. The van der Waals surface area contributed by atoms with Crippen molar-refractivity contribution >= 4 is 53.2 Å². The van der Waals surface area contributed by atoms with Crippen molar-refractivity contribution in [3.8, 4) is 0 Å². The lowest BCUT2D eigenvalue weighted by Gasteiger charge is -2.29. The number of carbonyl (C=O) groups excluding carboxylic acids is 3. The highest BCUT2D eigenvalue weighted by atomic mass is 32.2. The molecule has 1 aromatic carbocycles. The summed E-state index contributed by atoms with van der Waals surface area (Å²) in [5, 5.41) is -0.0825. The average molecular weight is 395 g/mol. The van der Waals surface area contributed by atoms with Crippen molar-refractivity contribution in [2.45, 2.75) is 16.2 Å². The molecule has 3 N–H and O–H groups in total. The van der Waals surface area contributed by atoms with Gasteiger partial charge < -0.3 is 10.7 Å². The van der Waals surface area contributed by atoms with E-state index in [-0.39, 0.29) is 0 Å². The first-order valence-corrected chi connectivity index (χ1v) is 9.31. The topological polar surface area (TPSA) is 96.3 Å². The Morgan fingerprint density at radius 3 is 2.56 bits per heavy atom. The molecule has 0 saturated carbocycles. The number of nitrogens with two attached hydrogens (primary N) is 1. The van der Waals surface area contributed by atoms with E-state index in [0.717, 1.165) is 4.88 Å². The highest BCUT2D eigenvalue weighted by Crippen LogP contribution is 2.53. The maximum Gasteiger partial charge on any atom is 0.328 e. The van der Waals surface area contributed by atoms with Gasteiger partial charge in [-0.25, -0.2) is 9.18 Å². The molecular formula is C15H10FN3O3S3. The van der Waals surface area contributed by atoms with E-state index in [1.807, 2.05) is 0 Å². The zero-order chi connectivity index (χ0) is 17.9. The Bertz CT molecular complexity index is 968. The summed E-state index contributed by atoms with van der Waals surface area (Å²) in [4.78, 5) is 41.1. The predicted molar refractivity (Wildman–Crippen MR) is 92.3 cm³/mol. The van der Waals surface area contributed by atoms with E-state index < -0.39 is 40.7 Å². The molecule has 4 amide bonds. The number of urea groups is 1. The Balaban J connectivity index is 1.90. The van der Waals surface area contributed by atoms with Gasteiger partial charge in [0.15, 0.2) is 3.95 Å². The summed E-state index contributed by atoms with van der Waals surface area (Å²) < 4.78 is 13.8. The number of primary amides is 1. The van der Waals surface area contributed by atoms with Crippen LogP contribution in [0, 0.1) is 15.7 Å². The van der Waals surface area contributed by atoms with Crippen molar-refractivity contribution < 1.29 is 18.8 Å². The molecule has 2 aliphatic rings. The molecule has 0 spiro atoms. The fourth-order valence-electron chi connectivity index (χ4n) is 3.26.